The third kappa shape index (κ3) is 1.12. The van der Waals surface area contributed by atoms with Crippen LogP contribution in [0.2, 0.25) is 0 Å². The normalized spacial score (nSPS) is 61.6. The molecule has 84 valence electrons. The summed E-state index contributed by atoms with van der Waals surface area (Å²) in [5.74, 6) is 0.979. The average Bonchev–Trinajstić information content (AvgIpc) is 2.98. The monoisotopic (exact) mass is 210 g/mol. The molecule has 0 aromatic heterocycles. The molecule has 0 spiro atoms. The van der Waals surface area contributed by atoms with E-state index in [0.717, 1.165) is 18.8 Å². The van der Waals surface area contributed by atoms with E-state index < -0.39 is 0 Å². The van der Waals surface area contributed by atoms with Crippen LogP contribution in [0.3, 0.4) is 0 Å². The van der Waals surface area contributed by atoms with Crippen molar-refractivity contribution in [1.82, 2.24) is 0 Å². The molecule has 4 rings (SSSR count). The third-order valence-corrected chi connectivity index (χ3v) is 5.21. The van der Waals surface area contributed by atoms with Crippen LogP contribution in [0, 0.1) is 5.92 Å². The maximum atomic E-state index is 9.84. The van der Waals surface area contributed by atoms with Crippen molar-refractivity contribution in [2.24, 2.45) is 5.92 Å². The zero-order valence-corrected chi connectivity index (χ0v) is 9.30. The molecule has 3 saturated heterocycles. The summed E-state index contributed by atoms with van der Waals surface area (Å²) in [7, 11) is 2.41. The summed E-state index contributed by atoms with van der Waals surface area (Å²) in [5.41, 5.74) is 0. The fourth-order valence-electron chi connectivity index (χ4n) is 4.20. The van der Waals surface area contributed by atoms with Crippen molar-refractivity contribution >= 4 is 0 Å². The first-order chi connectivity index (χ1) is 7.18. The van der Waals surface area contributed by atoms with E-state index in [2.05, 4.69) is 7.05 Å². The molecule has 3 unspecified atom stereocenters. The average molecular weight is 210 g/mol. The molecule has 1 aliphatic carbocycles. The number of morpholine rings is 1. The van der Waals surface area contributed by atoms with Crippen molar-refractivity contribution in [2.45, 2.75) is 56.1 Å². The summed E-state index contributed by atoms with van der Waals surface area (Å²) in [6, 6.07) is 1.20. The zero-order chi connectivity index (χ0) is 10.2. The Bertz CT molecular complexity index is 284. The molecule has 15 heavy (non-hydrogen) atoms. The van der Waals surface area contributed by atoms with Gasteiger partial charge in [-0.3, -0.25) is 0 Å². The fourth-order valence-corrected chi connectivity index (χ4v) is 4.20. The molecule has 3 aliphatic heterocycles. The molecule has 6 atom stereocenters. The minimum Gasteiger partial charge on any atom is -0.393 e. The molecule has 1 saturated carbocycles. The molecular formula is C12H20NO2+. The van der Waals surface area contributed by atoms with Gasteiger partial charge in [0, 0.05) is 18.8 Å². The quantitative estimate of drug-likeness (QED) is 0.532. The van der Waals surface area contributed by atoms with Crippen LogP contribution in [0.15, 0.2) is 0 Å². The van der Waals surface area contributed by atoms with Gasteiger partial charge in [-0.25, -0.2) is 0 Å². The number of aliphatic hydroxyl groups excluding tert-OH is 1. The zero-order valence-electron chi connectivity index (χ0n) is 9.30. The maximum absolute atomic E-state index is 9.84. The predicted octanol–water partition coefficient (Wildman–Crippen LogP) is 0.516. The number of quaternary nitrogens is 1. The number of aliphatic hydroxyl groups is 1. The Kier molecular flexibility index (Phi) is 1.54. The molecule has 1 N–H and O–H groups in total. The molecule has 0 amide bonds. The Morgan fingerprint density at radius 3 is 2.33 bits per heavy atom. The molecule has 0 aromatic rings. The van der Waals surface area contributed by atoms with Crippen LogP contribution >= 0.6 is 0 Å². The number of hydrogen-bond acceptors (Lipinski definition) is 2. The first kappa shape index (κ1) is 8.97. The lowest BCUT2D eigenvalue weighted by atomic mass is 9.95. The van der Waals surface area contributed by atoms with Crippen molar-refractivity contribution in [2.75, 3.05) is 13.6 Å². The Hall–Kier alpha value is -0.120. The van der Waals surface area contributed by atoms with Gasteiger partial charge in [0.15, 0.2) is 0 Å². The second-order valence-electron chi connectivity index (χ2n) is 6.30. The van der Waals surface area contributed by atoms with Crippen molar-refractivity contribution in [3.8, 4) is 0 Å². The summed E-state index contributed by atoms with van der Waals surface area (Å²) in [4.78, 5) is 0. The summed E-state index contributed by atoms with van der Waals surface area (Å²) >= 11 is 0. The number of rotatable bonds is 2. The fraction of sp³-hybridized carbons (Fsp3) is 1.00. The van der Waals surface area contributed by atoms with Gasteiger partial charge in [0.1, 0.15) is 24.3 Å². The van der Waals surface area contributed by atoms with E-state index in [9.17, 15) is 5.11 Å². The van der Waals surface area contributed by atoms with Crippen LogP contribution in [-0.4, -0.2) is 53.6 Å². The SMILES string of the molecule is C[N+]1(CC2CC2)C2CC(O)C[C@H]1[C@@H]1O[C@H]21. The number of fused-ring (bicyclic) bond motifs is 5. The summed E-state index contributed by atoms with van der Waals surface area (Å²) in [6.07, 6.45) is 5.76. The van der Waals surface area contributed by atoms with E-state index in [1.54, 1.807) is 0 Å². The van der Waals surface area contributed by atoms with Crippen molar-refractivity contribution in [3.05, 3.63) is 0 Å². The van der Waals surface area contributed by atoms with Gasteiger partial charge in [-0.05, 0) is 12.8 Å². The molecule has 0 aromatic carbocycles. The van der Waals surface area contributed by atoms with Crippen LogP contribution in [0.4, 0.5) is 0 Å². The van der Waals surface area contributed by atoms with E-state index in [1.807, 2.05) is 0 Å². The van der Waals surface area contributed by atoms with Gasteiger partial charge in [0.25, 0.3) is 0 Å². The lowest BCUT2D eigenvalue weighted by Crippen LogP contribution is -2.62. The lowest BCUT2D eigenvalue weighted by molar-refractivity contribution is -0.957. The first-order valence-corrected chi connectivity index (χ1v) is 6.37. The molecule has 3 nitrogen and oxygen atoms in total. The number of hydrogen-bond donors (Lipinski definition) is 1. The summed E-state index contributed by atoms with van der Waals surface area (Å²) < 4.78 is 6.96. The Morgan fingerprint density at radius 2 is 1.80 bits per heavy atom. The Balaban J connectivity index is 1.64. The molecule has 3 heterocycles. The Labute approximate surface area is 90.6 Å². The third-order valence-electron chi connectivity index (χ3n) is 5.21. The van der Waals surface area contributed by atoms with Crippen molar-refractivity contribution in [3.63, 3.8) is 0 Å². The summed E-state index contributed by atoms with van der Waals surface area (Å²) in [6.45, 7) is 1.35. The van der Waals surface area contributed by atoms with Gasteiger partial charge in [0.05, 0.1) is 19.7 Å². The van der Waals surface area contributed by atoms with Crippen LogP contribution < -0.4 is 0 Å². The molecule has 3 heteroatoms. The lowest BCUT2D eigenvalue weighted by Gasteiger charge is -2.47. The van der Waals surface area contributed by atoms with Gasteiger partial charge in [-0.2, -0.15) is 0 Å². The highest BCUT2D eigenvalue weighted by molar-refractivity contribution is 5.08. The van der Waals surface area contributed by atoms with Crippen LogP contribution in [0.1, 0.15) is 25.7 Å². The highest BCUT2D eigenvalue weighted by atomic mass is 16.6. The smallest absolute Gasteiger partial charge is 0.142 e. The van der Waals surface area contributed by atoms with Crippen LogP contribution in [0.25, 0.3) is 0 Å². The molecule has 4 aliphatic rings. The molecule has 0 radical (unpaired) electrons. The number of ether oxygens (including phenoxy) is 1. The van der Waals surface area contributed by atoms with E-state index >= 15 is 0 Å². The highest BCUT2D eigenvalue weighted by Gasteiger charge is 2.71. The topological polar surface area (TPSA) is 32.8 Å². The minimum atomic E-state index is -0.0539. The van der Waals surface area contributed by atoms with Gasteiger partial charge < -0.3 is 14.3 Å². The summed E-state index contributed by atoms with van der Waals surface area (Å²) in [5, 5.41) is 9.84. The van der Waals surface area contributed by atoms with Gasteiger partial charge in [0.2, 0.25) is 0 Å². The van der Waals surface area contributed by atoms with Crippen molar-refractivity contribution in [1.29, 1.82) is 0 Å². The number of epoxide rings is 1. The largest absolute Gasteiger partial charge is 0.393 e. The van der Waals surface area contributed by atoms with Crippen molar-refractivity contribution < 1.29 is 14.3 Å². The minimum absolute atomic E-state index is 0.0539. The van der Waals surface area contributed by atoms with Gasteiger partial charge in [-0.15, -0.1) is 0 Å². The number of likely N-dealkylation sites (N-methyl/N-ethyl adjacent to an activating group) is 1. The molecule has 2 bridgehead atoms. The van der Waals surface area contributed by atoms with E-state index in [-0.39, 0.29) is 6.10 Å². The number of nitrogens with zero attached hydrogens (tertiary/aromatic N) is 1. The Morgan fingerprint density at radius 1 is 1.20 bits per heavy atom. The van der Waals surface area contributed by atoms with Gasteiger partial charge in [-0.1, -0.05) is 0 Å². The predicted molar refractivity (Wildman–Crippen MR) is 55.3 cm³/mol. The molecule has 4 fully saturated rings. The highest BCUT2D eigenvalue weighted by Crippen LogP contribution is 2.53. The standard InChI is InChI=1S/C12H20NO2/c1-13(6-7-2-3-7)9-4-8(14)5-10(13)12-11(9)15-12/h7-12,14H,2-6H2,1H3/q+1/t8?,9-,10?,11-,12+,13?/m0/s1. The molecular weight excluding hydrogens is 190 g/mol. The second kappa shape index (κ2) is 2.58. The second-order valence-corrected chi connectivity index (χ2v) is 6.30. The van der Waals surface area contributed by atoms with Crippen LogP contribution in [0.5, 0.6) is 0 Å². The number of piperidine rings is 1. The van der Waals surface area contributed by atoms with Gasteiger partial charge >= 0.3 is 0 Å². The van der Waals surface area contributed by atoms with Crippen LogP contribution in [-0.2, 0) is 4.74 Å². The van der Waals surface area contributed by atoms with E-state index in [0.29, 0.717) is 24.3 Å². The van der Waals surface area contributed by atoms with E-state index in [4.69, 9.17) is 4.74 Å². The van der Waals surface area contributed by atoms with E-state index in [1.165, 1.54) is 23.9 Å². The first-order valence-electron chi connectivity index (χ1n) is 6.37. The maximum Gasteiger partial charge on any atom is 0.142 e.